The average molecular weight is 315 g/mol. The van der Waals surface area contributed by atoms with Crippen molar-refractivity contribution >= 4 is 32.4 Å². The number of rotatable bonds is 1. The van der Waals surface area contributed by atoms with Gasteiger partial charge in [0.25, 0.3) is 11.1 Å². The minimum absolute atomic E-state index is 0.200. The zero-order valence-corrected chi connectivity index (χ0v) is 12.2. The van der Waals surface area contributed by atoms with Crippen molar-refractivity contribution in [3.63, 3.8) is 0 Å². The van der Waals surface area contributed by atoms with Gasteiger partial charge in [0.15, 0.2) is 0 Å². The minimum atomic E-state index is -0.387. The second kappa shape index (κ2) is 4.26. The van der Waals surface area contributed by atoms with E-state index in [1.54, 1.807) is 48.7 Å². The first-order valence-corrected chi connectivity index (χ1v) is 7.34. The molecule has 0 atom stereocenters. The van der Waals surface area contributed by atoms with Gasteiger partial charge in [-0.15, -0.1) is 0 Å². The maximum Gasteiger partial charge on any atom is 0.278 e. The summed E-state index contributed by atoms with van der Waals surface area (Å²) < 4.78 is 1.17. The van der Waals surface area contributed by atoms with Crippen molar-refractivity contribution in [1.29, 1.82) is 0 Å². The summed E-state index contributed by atoms with van der Waals surface area (Å²) in [6, 6.07) is 11.7. The van der Waals surface area contributed by atoms with E-state index in [0.29, 0.717) is 38.3 Å². The molecule has 0 bridgehead atoms. The predicted molar refractivity (Wildman–Crippen MR) is 90.5 cm³/mol. The van der Waals surface area contributed by atoms with Crippen LogP contribution in [-0.2, 0) is 0 Å². The Bertz CT molecular complexity index is 1340. The van der Waals surface area contributed by atoms with Gasteiger partial charge in [0.2, 0.25) is 5.88 Å². The molecular weight excluding hydrogens is 306 g/mol. The van der Waals surface area contributed by atoms with Crippen LogP contribution in [0.15, 0.2) is 58.3 Å². The summed E-state index contributed by atoms with van der Waals surface area (Å²) in [4.78, 5) is 33.1. The summed E-state index contributed by atoms with van der Waals surface area (Å²) in [5, 5.41) is 13.2. The molecular formula is C18H9N3O3. The molecule has 0 radical (unpaired) electrons. The Morgan fingerprint density at radius 3 is 2.46 bits per heavy atom. The number of aromatic nitrogens is 3. The van der Waals surface area contributed by atoms with E-state index in [1.165, 1.54) is 4.57 Å². The largest absolute Gasteiger partial charge is 0.494 e. The summed E-state index contributed by atoms with van der Waals surface area (Å²) in [5.74, 6) is 0.136. The molecule has 3 heterocycles. The van der Waals surface area contributed by atoms with Gasteiger partial charge >= 0.3 is 0 Å². The van der Waals surface area contributed by atoms with E-state index in [-0.39, 0.29) is 17.0 Å². The smallest absolute Gasteiger partial charge is 0.278 e. The Labute approximate surface area is 133 Å². The molecule has 24 heavy (non-hydrogen) atoms. The van der Waals surface area contributed by atoms with Gasteiger partial charge in [-0.1, -0.05) is 6.07 Å². The van der Waals surface area contributed by atoms with E-state index in [2.05, 4.69) is 9.97 Å². The predicted octanol–water partition coefficient (Wildman–Crippen LogP) is 2.03. The van der Waals surface area contributed by atoms with Gasteiger partial charge in [-0.05, 0) is 36.4 Å². The third-order valence-electron chi connectivity index (χ3n) is 4.36. The molecule has 6 heteroatoms. The lowest BCUT2D eigenvalue weighted by Gasteiger charge is -2.13. The van der Waals surface area contributed by atoms with Crippen LogP contribution in [0.4, 0.5) is 0 Å². The Hall–Kier alpha value is -3.54. The van der Waals surface area contributed by atoms with Crippen LogP contribution in [0.3, 0.4) is 0 Å². The van der Waals surface area contributed by atoms with Crippen LogP contribution < -0.4 is 11.1 Å². The van der Waals surface area contributed by atoms with E-state index in [4.69, 9.17) is 0 Å². The standard InChI is InChI=1S/C18H9N3O3/c22-16-9-4-5-10-14-11(6-7-12(20-16)15(9)14)18(24)21(17(10)23)13-3-1-2-8-19-13/h1-8,24H. The van der Waals surface area contributed by atoms with Gasteiger partial charge in [0.1, 0.15) is 5.82 Å². The summed E-state index contributed by atoms with van der Waals surface area (Å²) >= 11 is 0. The highest BCUT2D eigenvalue weighted by Gasteiger charge is 2.20. The number of hydrogen-bond acceptors (Lipinski definition) is 5. The molecule has 0 amide bonds. The highest BCUT2D eigenvalue weighted by Crippen LogP contribution is 2.35. The number of nitrogens with zero attached hydrogens (tertiary/aromatic N) is 3. The van der Waals surface area contributed by atoms with Crippen molar-refractivity contribution in [3.8, 4) is 11.7 Å². The number of benzene rings is 2. The van der Waals surface area contributed by atoms with Crippen LogP contribution >= 0.6 is 0 Å². The van der Waals surface area contributed by atoms with E-state index in [0.717, 1.165) is 0 Å². The van der Waals surface area contributed by atoms with E-state index in [9.17, 15) is 14.7 Å². The number of pyridine rings is 2. The fourth-order valence-corrected chi connectivity index (χ4v) is 3.32. The molecule has 0 aliphatic heterocycles. The molecule has 5 rings (SSSR count). The lowest BCUT2D eigenvalue weighted by Crippen LogP contribution is -2.19. The van der Waals surface area contributed by atoms with Crippen LogP contribution in [0.25, 0.3) is 38.3 Å². The van der Waals surface area contributed by atoms with Crippen molar-refractivity contribution in [3.05, 3.63) is 69.4 Å². The fourth-order valence-electron chi connectivity index (χ4n) is 3.32. The third kappa shape index (κ3) is 1.44. The first kappa shape index (κ1) is 13.0. The van der Waals surface area contributed by atoms with Gasteiger partial charge in [0.05, 0.1) is 10.9 Å². The summed E-state index contributed by atoms with van der Waals surface area (Å²) in [7, 11) is 0. The van der Waals surface area contributed by atoms with Crippen LogP contribution in [0.5, 0.6) is 5.88 Å². The van der Waals surface area contributed by atoms with Gasteiger partial charge in [-0.2, -0.15) is 0 Å². The molecule has 6 nitrogen and oxygen atoms in total. The maximum atomic E-state index is 12.9. The van der Waals surface area contributed by atoms with Crippen molar-refractivity contribution in [2.24, 2.45) is 0 Å². The van der Waals surface area contributed by atoms with Gasteiger partial charge in [-0.3, -0.25) is 9.59 Å². The summed E-state index contributed by atoms with van der Waals surface area (Å²) in [5.41, 5.74) is -0.183. The van der Waals surface area contributed by atoms with Gasteiger partial charge < -0.3 is 5.11 Å². The lowest BCUT2D eigenvalue weighted by molar-refractivity contribution is 0.442. The van der Waals surface area contributed by atoms with Crippen LogP contribution in [-0.4, -0.2) is 19.6 Å². The average Bonchev–Trinajstić information content (AvgIpc) is 2.93. The third-order valence-corrected chi connectivity index (χ3v) is 4.36. The molecule has 1 N–H and O–H groups in total. The first-order valence-electron chi connectivity index (χ1n) is 7.34. The minimum Gasteiger partial charge on any atom is -0.494 e. The quantitative estimate of drug-likeness (QED) is 0.511. The second-order valence-corrected chi connectivity index (χ2v) is 5.61. The molecule has 0 saturated carbocycles. The molecule has 0 fully saturated rings. The molecule has 0 spiro atoms. The van der Waals surface area contributed by atoms with E-state index < -0.39 is 0 Å². The van der Waals surface area contributed by atoms with E-state index in [1.807, 2.05) is 0 Å². The zero-order chi connectivity index (χ0) is 16.4. The monoisotopic (exact) mass is 315 g/mol. The van der Waals surface area contributed by atoms with Crippen LogP contribution in [0.1, 0.15) is 0 Å². The molecule has 0 saturated heterocycles. The van der Waals surface area contributed by atoms with Crippen molar-refractivity contribution in [2.45, 2.75) is 0 Å². The van der Waals surface area contributed by atoms with E-state index >= 15 is 0 Å². The second-order valence-electron chi connectivity index (χ2n) is 5.61. The Morgan fingerprint density at radius 1 is 0.875 bits per heavy atom. The lowest BCUT2D eigenvalue weighted by atomic mass is 10.00. The molecule has 5 aromatic rings. The molecule has 3 aromatic heterocycles. The SMILES string of the molecule is O=c1nc2ccc3c(O)n(-c4ccccn4)c(=O)c4ccc1c2c34. The topological polar surface area (TPSA) is 85.1 Å². The highest BCUT2D eigenvalue weighted by atomic mass is 16.3. The van der Waals surface area contributed by atoms with Gasteiger partial charge in [-0.25, -0.2) is 14.5 Å². The van der Waals surface area contributed by atoms with Gasteiger partial charge in [0, 0.05) is 27.7 Å². The maximum absolute atomic E-state index is 12.9. The van der Waals surface area contributed by atoms with Crippen molar-refractivity contribution in [2.75, 3.05) is 0 Å². The Morgan fingerprint density at radius 2 is 1.67 bits per heavy atom. The number of aromatic hydroxyl groups is 1. The molecule has 0 unspecified atom stereocenters. The Balaban J connectivity index is 2.09. The molecule has 0 aliphatic rings. The fraction of sp³-hybridized carbons (Fsp3) is 0. The normalized spacial score (nSPS) is 11.8. The van der Waals surface area contributed by atoms with Crippen molar-refractivity contribution in [1.82, 2.24) is 14.5 Å². The molecule has 2 aromatic carbocycles. The number of hydrogen-bond donors (Lipinski definition) is 1. The summed E-state index contributed by atoms with van der Waals surface area (Å²) in [6.07, 6.45) is 1.55. The Kier molecular flexibility index (Phi) is 2.30. The molecule has 0 aliphatic carbocycles. The van der Waals surface area contributed by atoms with Crippen LogP contribution in [0, 0.1) is 0 Å². The van der Waals surface area contributed by atoms with Crippen molar-refractivity contribution < 1.29 is 5.11 Å². The van der Waals surface area contributed by atoms with Crippen LogP contribution in [0.2, 0.25) is 0 Å². The first-order chi connectivity index (χ1) is 11.7. The zero-order valence-electron chi connectivity index (χ0n) is 12.2. The highest BCUT2D eigenvalue weighted by molar-refractivity contribution is 6.23. The molecule has 114 valence electrons. The summed E-state index contributed by atoms with van der Waals surface area (Å²) in [6.45, 7) is 0.